The van der Waals surface area contributed by atoms with Gasteiger partial charge in [-0.15, -0.1) is 11.3 Å². The maximum Gasteiger partial charge on any atom is 0.287 e. The molecule has 0 spiro atoms. The van der Waals surface area contributed by atoms with E-state index in [1.807, 2.05) is 13.0 Å². The van der Waals surface area contributed by atoms with Gasteiger partial charge in [0.25, 0.3) is 5.91 Å². The molecule has 5 heteroatoms. The lowest BCUT2D eigenvalue weighted by atomic mass is 10.0. The number of fused-ring (bicyclic) bond motifs is 1. The summed E-state index contributed by atoms with van der Waals surface area (Å²) in [7, 11) is 0. The number of furan rings is 1. The van der Waals surface area contributed by atoms with Crippen molar-refractivity contribution in [3.8, 4) is 0 Å². The van der Waals surface area contributed by atoms with Crippen LogP contribution in [0.5, 0.6) is 0 Å². The number of aryl methyl sites for hydroxylation is 3. The Morgan fingerprint density at radius 1 is 1.14 bits per heavy atom. The monoisotopic (exact) mass is 410 g/mol. The Morgan fingerprint density at radius 2 is 1.86 bits per heavy atom. The highest BCUT2D eigenvalue weighted by atomic mass is 32.1. The zero-order chi connectivity index (χ0) is 20.4. The zero-order valence-corrected chi connectivity index (χ0v) is 18.4. The number of nitrogens with zero attached hydrogens (tertiary/aromatic N) is 1. The van der Waals surface area contributed by atoms with Gasteiger partial charge < -0.3 is 9.73 Å². The summed E-state index contributed by atoms with van der Waals surface area (Å²) < 4.78 is 5.96. The molecule has 1 atom stereocenters. The first-order chi connectivity index (χ1) is 14.0. The Kier molecular flexibility index (Phi) is 6.07. The molecule has 3 aromatic rings. The van der Waals surface area contributed by atoms with Crippen molar-refractivity contribution in [1.82, 2.24) is 10.2 Å². The van der Waals surface area contributed by atoms with Gasteiger partial charge in [-0.05, 0) is 81.4 Å². The van der Waals surface area contributed by atoms with Gasteiger partial charge in [-0.1, -0.05) is 18.9 Å². The molecule has 1 aliphatic rings. The number of benzene rings is 1. The highest BCUT2D eigenvalue weighted by Gasteiger charge is 2.25. The van der Waals surface area contributed by atoms with Gasteiger partial charge in [0.15, 0.2) is 5.76 Å². The van der Waals surface area contributed by atoms with E-state index in [-0.39, 0.29) is 11.9 Å². The topological polar surface area (TPSA) is 45.5 Å². The van der Waals surface area contributed by atoms with Crippen LogP contribution in [0, 0.1) is 20.8 Å². The van der Waals surface area contributed by atoms with Gasteiger partial charge in [0.05, 0.1) is 6.04 Å². The largest absolute Gasteiger partial charge is 0.451 e. The van der Waals surface area contributed by atoms with Crippen LogP contribution in [-0.2, 0) is 0 Å². The van der Waals surface area contributed by atoms with Crippen LogP contribution in [0.2, 0.25) is 0 Å². The summed E-state index contributed by atoms with van der Waals surface area (Å²) in [5.74, 6) is 0.316. The molecule has 29 heavy (non-hydrogen) atoms. The Bertz CT molecular complexity index is 982. The van der Waals surface area contributed by atoms with E-state index in [4.69, 9.17) is 4.42 Å². The van der Waals surface area contributed by atoms with Crippen molar-refractivity contribution < 1.29 is 9.21 Å². The summed E-state index contributed by atoms with van der Waals surface area (Å²) in [4.78, 5) is 16.9. The van der Waals surface area contributed by atoms with Crippen molar-refractivity contribution in [2.24, 2.45) is 0 Å². The number of nitrogens with one attached hydrogen (secondary N) is 1. The fourth-order valence-electron chi connectivity index (χ4n) is 4.26. The molecule has 1 aliphatic heterocycles. The molecular weight excluding hydrogens is 380 g/mol. The first-order valence-electron chi connectivity index (χ1n) is 10.6. The van der Waals surface area contributed by atoms with E-state index in [2.05, 4.69) is 47.6 Å². The molecule has 1 saturated heterocycles. The third kappa shape index (κ3) is 4.26. The van der Waals surface area contributed by atoms with Crippen LogP contribution in [0.15, 0.2) is 34.1 Å². The van der Waals surface area contributed by atoms with Crippen LogP contribution in [0.1, 0.15) is 63.8 Å². The normalized spacial score (nSPS) is 16.7. The molecule has 0 bridgehead atoms. The van der Waals surface area contributed by atoms with E-state index < -0.39 is 0 Å². The molecule has 0 unspecified atom stereocenters. The van der Waals surface area contributed by atoms with Crippen molar-refractivity contribution in [1.29, 1.82) is 0 Å². The number of carbonyl (C=O) groups is 1. The second kappa shape index (κ2) is 8.72. The average molecular weight is 411 g/mol. The molecule has 2 aromatic heterocycles. The molecule has 1 amide bonds. The number of thiophene rings is 1. The lowest BCUT2D eigenvalue weighted by molar-refractivity contribution is 0.0907. The van der Waals surface area contributed by atoms with Crippen molar-refractivity contribution in [2.75, 3.05) is 19.6 Å². The molecule has 154 valence electrons. The van der Waals surface area contributed by atoms with Crippen LogP contribution >= 0.6 is 11.3 Å². The summed E-state index contributed by atoms with van der Waals surface area (Å²) in [5, 5.41) is 6.32. The molecule has 0 aliphatic carbocycles. The van der Waals surface area contributed by atoms with Crippen LogP contribution in [0.4, 0.5) is 0 Å². The Hall–Kier alpha value is -2.11. The number of rotatable bonds is 5. The summed E-state index contributed by atoms with van der Waals surface area (Å²) in [6.07, 6.45) is 5.07. The van der Waals surface area contributed by atoms with Gasteiger partial charge in [-0.25, -0.2) is 0 Å². The number of likely N-dealkylation sites (tertiary alicyclic amines) is 1. The van der Waals surface area contributed by atoms with Crippen LogP contribution in [0.25, 0.3) is 11.0 Å². The summed E-state index contributed by atoms with van der Waals surface area (Å²) >= 11 is 1.77. The third-order valence-electron chi connectivity index (χ3n) is 6.17. The maximum absolute atomic E-state index is 13.0. The van der Waals surface area contributed by atoms with E-state index in [0.29, 0.717) is 12.3 Å². The first kappa shape index (κ1) is 20.2. The van der Waals surface area contributed by atoms with Crippen LogP contribution < -0.4 is 5.32 Å². The Labute approximate surface area is 176 Å². The van der Waals surface area contributed by atoms with E-state index in [1.165, 1.54) is 41.7 Å². The quantitative estimate of drug-likeness (QED) is 0.581. The fraction of sp³-hybridized carbons (Fsp3) is 0.458. The van der Waals surface area contributed by atoms with Crippen molar-refractivity contribution in [2.45, 2.75) is 52.5 Å². The minimum absolute atomic E-state index is 0.120. The Balaban J connectivity index is 1.53. The van der Waals surface area contributed by atoms with E-state index in [1.54, 1.807) is 11.3 Å². The maximum atomic E-state index is 13.0. The molecule has 1 N–H and O–H groups in total. The highest BCUT2D eigenvalue weighted by molar-refractivity contribution is 7.10. The highest BCUT2D eigenvalue weighted by Crippen LogP contribution is 2.29. The molecule has 0 radical (unpaired) electrons. The number of carbonyl (C=O) groups excluding carboxylic acids is 1. The fourth-order valence-corrected chi connectivity index (χ4v) is 5.12. The zero-order valence-electron chi connectivity index (χ0n) is 17.6. The molecule has 3 heterocycles. The van der Waals surface area contributed by atoms with Crippen molar-refractivity contribution in [3.05, 3.63) is 57.0 Å². The predicted octanol–water partition coefficient (Wildman–Crippen LogP) is 5.77. The Morgan fingerprint density at radius 3 is 2.55 bits per heavy atom. The molecule has 4 nitrogen and oxygen atoms in total. The minimum atomic E-state index is -0.120. The molecule has 0 saturated carbocycles. The second-order valence-electron chi connectivity index (χ2n) is 8.18. The van der Waals surface area contributed by atoms with Gasteiger partial charge in [0.1, 0.15) is 5.58 Å². The van der Waals surface area contributed by atoms with Crippen molar-refractivity contribution in [3.63, 3.8) is 0 Å². The number of hydrogen-bond acceptors (Lipinski definition) is 4. The molecule has 1 aromatic carbocycles. The summed E-state index contributed by atoms with van der Waals surface area (Å²) in [6, 6.07) is 8.66. The molecule has 1 fully saturated rings. The minimum Gasteiger partial charge on any atom is -0.451 e. The number of hydrogen-bond donors (Lipinski definition) is 1. The van der Waals surface area contributed by atoms with Crippen molar-refractivity contribution >= 4 is 28.2 Å². The van der Waals surface area contributed by atoms with E-state index in [9.17, 15) is 4.79 Å². The van der Waals surface area contributed by atoms with Crippen LogP contribution in [0.3, 0.4) is 0 Å². The van der Waals surface area contributed by atoms with E-state index in [0.717, 1.165) is 29.6 Å². The lowest BCUT2D eigenvalue weighted by Crippen LogP contribution is -2.38. The SMILES string of the molecule is Cc1cc2oc(C(=O)NC[C@@H](c3cccs3)N3CCCCCC3)c(C)c2cc1C. The first-order valence-corrected chi connectivity index (χ1v) is 11.5. The molecular formula is C24H30N2O2S. The number of amides is 1. The average Bonchev–Trinajstić information content (AvgIpc) is 3.24. The van der Waals surface area contributed by atoms with Gasteiger partial charge in [-0.2, -0.15) is 0 Å². The summed E-state index contributed by atoms with van der Waals surface area (Å²) in [6.45, 7) is 8.93. The standard InChI is InChI=1S/C24H30N2O2S/c1-16-13-19-18(3)23(28-21(19)14-17(16)2)24(27)25-15-20(22-9-8-12-29-22)26-10-6-4-5-7-11-26/h8-9,12-14,20H,4-7,10-11,15H2,1-3H3,(H,25,27)/t20-/m0/s1. The van der Waals surface area contributed by atoms with Gasteiger partial charge in [0, 0.05) is 22.4 Å². The smallest absolute Gasteiger partial charge is 0.287 e. The summed E-state index contributed by atoms with van der Waals surface area (Å²) in [5.41, 5.74) is 4.10. The van der Waals surface area contributed by atoms with E-state index >= 15 is 0 Å². The third-order valence-corrected chi connectivity index (χ3v) is 7.14. The van der Waals surface area contributed by atoms with Gasteiger partial charge in [0.2, 0.25) is 0 Å². The van der Waals surface area contributed by atoms with Gasteiger partial charge >= 0.3 is 0 Å². The van der Waals surface area contributed by atoms with Gasteiger partial charge in [-0.3, -0.25) is 9.69 Å². The van der Waals surface area contributed by atoms with Crippen LogP contribution in [-0.4, -0.2) is 30.4 Å². The molecule has 4 rings (SSSR count). The lowest BCUT2D eigenvalue weighted by Gasteiger charge is -2.30. The predicted molar refractivity (Wildman–Crippen MR) is 120 cm³/mol. The second-order valence-corrected chi connectivity index (χ2v) is 9.16.